The first-order valence-electron chi connectivity index (χ1n) is 10.1. The SMILES string of the molecule is Cn1c2c(c(=O)n(C)c1=O)CN(CC1CCN(Cc3ccccc3F)CC1)CN2. The van der Waals surface area contributed by atoms with Gasteiger partial charge in [-0.3, -0.25) is 23.7 Å². The van der Waals surface area contributed by atoms with Crippen molar-refractivity contribution in [2.75, 3.05) is 31.6 Å². The van der Waals surface area contributed by atoms with E-state index in [4.69, 9.17) is 0 Å². The van der Waals surface area contributed by atoms with Gasteiger partial charge >= 0.3 is 5.69 Å². The van der Waals surface area contributed by atoms with E-state index in [1.165, 1.54) is 22.2 Å². The van der Waals surface area contributed by atoms with E-state index < -0.39 is 0 Å². The lowest BCUT2D eigenvalue weighted by atomic mass is 9.95. The Hall–Kier alpha value is -2.45. The third-order valence-corrected chi connectivity index (χ3v) is 6.19. The van der Waals surface area contributed by atoms with E-state index in [1.807, 2.05) is 12.1 Å². The number of piperidine rings is 1. The van der Waals surface area contributed by atoms with Gasteiger partial charge in [0.1, 0.15) is 11.6 Å². The monoisotopic (exact) mass is 401 g/mol. The number of halogens is 1. The summed E-state index contributed by atoms with van der Waals surface area (Å²) < 4.78 is 16.6. The van der Waals surface area contributed by atoms with Gasteiger partial charge < -0.3 is 5.32 Å². The number of benzene rings is 1. The van der Waals surface area contributed by atoms with Crippen molar-refractivity contribution < 1.29 is 4.39 Å². The third kappa shape index (κ3) is 4.00. The Morgan fingerprint density at radius 3 is 2.52 bits per heavy atom. The predicted molar refractivity (Wildman–Crippen MR) is 110 cm³/mol. The quantitative estimate of drug-likeness (QED) is 0.837. The minimum Gasteiger partial charge on any atom is -0.358 e. The minimum atomic E-state index is -0.308. The van der Waals surface area contributed by atoms with Gasteiger partial charge in [0.25, 0.3) is 5.56 Å². The van der Waals surface area contributed by atoms with Crippen LogP contribution in [0.1, 0.15) is 24.0 Å². The fraction of sp³-hybridized carbons (Fsp3) is 0.524. The van der Waals surface area contributed by atoms with Crippen molar-refractivity contribution in [2.45, 2.75) is 25.9 Å². The van der Waals surface area contributed by atoms with Gasteiger partial charge in [-0.25, -0.2) is 9.18 Å². The highest BCUT2D eigenvalue weighted by Gasteiger charge is 2.27. The molecule has 0 aliphatic carbocycles. The summed E-state index contributed by atoms with van der Waals surface area (Å²) in [6.45, 7) is 4.65. The van der Waals surface area contributed by atoms with E-state index in [2.05, 4.69) is 15.1 Å². The molecule has 1 aromatic carbocycles. The fourth-order valence-corrected chi connectivity index (χ4v) is 4.44. The number of likely N-dealkylation sites (tertiary alicyclic amines) is 1. The van der Waals surface area contributed by atoms with Crippen LogP contribution in [-0.2, 0) is 27.2 Å². The molecule has 29 heavy (non-hydrogen) atoms. The Bertz CT molecular complexity index is 1010. The highest BCUT2D eigenvalue weighted by molar-refractivity contribution is 5.45. The van der Waals surface area contributed by atoms with Crippen molar-refractivity contribution in [1.82, 2.24) is 18.9 Å². The summed E-state index contributed by atoms with van der Waals surface area (Å²) in [5, 5.41) is 3.25. The van der Waals surface area contributed by atoms with Crippen molar-refractivity contribution in [3.8, 4) is 0 Å². The molecule has 1 fully saturated rings. The topological polar surface area (TPSA) is 62.5 Å². The molecule has 8 heteroatoms. The average Bonchev–Trinajstić information content (AvgIpc) is 2.73. The van der Waals surface area contributed by atoms with Crippen LogP contribution in [0.15, 0.2) is 33.9 Å². The number of rotatable bonds is 4. The zero-order chi connectivity index (χ0) is 20.5. The van der Waals surface area contributed by atoms with Gasteiger partial charge in [-0.2, -0.15) is 0 Å². The van der Waals surface area contributed by atoms with E-state index in [9.17, 15) is 14.0 Å². The molecule has 0 unspecified atom stereocenters. The molecule has 0 spiro atoms. The van der Waals surface area contributed by atoms with E-state index >= 15 is 0 Å². The van der Waals surface area contributed by atoms with Crippen LogP contribution in [0.5, 0.6) is 0 Å². The van der Waals surface area contributed by atoms with Crippen LogP contribution >= 0.6 is 0 Å². The molecule has 0 saturated carbocycles. The summed E-state index contributed by atoms with van der Waals surface area (Å²) in [6.07, 6.45) is 2.12. The molecule has 2 aliphatic heterocycles. The molecule has 2 aliphatic rings. The molecule has 0 bridgehead atoms. The first kappa shape index (κ1) is 19.8. The zero-order valence-corrected chi connectivity index (χ0v) is 17.0. The number of nitrogens with one attached hydrogen (secondary N) is 1. The van der Waals surface area contributed by atoms with Crippen molar-refractivity contribution in [3.05, 3.63) is 62.0 Å². The van der Waals surface area contributed by atoms with Gasteiger partial charge in [-0.05, 0) is 37.9 Å². The largest absolute Gasteiger partial charge is 0.358 e. The van der Waals surface area contributed by atoms with Crippen LogP contribution in [-0.4, -0.2) is 45.2 Å². The maximum Gasteiger partial charge on any atom is 0.332 e. The van der Waals surface area contributed by atoms with E-state index in [0.29, 0.717) is 37.1 Å². The number of hydrogen-bond donors (Lipinski definition) is 1. The lowest BCUT2D eigenvalue weighted by Gasteiger charge is -2.37. The van der Waals surface area contributed by atoms with Crippen LogP contribution in [0, 0.1) is 11.7 Å². The zero-order valence-electron chi connectivity index (χ0n) is 17.0. The summed E-state index contributed by atoms with van der Waals surface area (Å²) in [7, 11) is 3.21. The standard InChI is InChI=1S/C21H28FN5O2/c1-24-19-17(20(28)25(2)21(24)29)13-27(14-23-19)11-15-7-9-26(10-8-15)12-16-5-3-4-6-18(16)22/h3-6,15,23H,7-14H2,1-2H3. The number of aromatic nitrogens is 2. The van der Waals surface area contributed by atoms with Crippen molar-refractivity contribution in [3.63, 3.8) is 0 Å². The lowest BCUT2D eigenvalue weighted by molar-refractivity contribution is 0.136. The highest BCUT2D eigenvalue weighted by Crippen LogP contribution is 2.23. The number of anilines is 1. The molecular weight excluding hydrogens is 373 g/mol. The van der Waals surface area contributed by atoms with Gasteiger partial charge in [-0.15, -0.1) is 0 Å². The third-order valence-electron chi connectivity index (χ3n) is 6.19. The summed E-state index contributed by atoms with van der Waals surface area (Å²) in [6, 6.07) is 6.98. The molecule has 4 rings (SSSR count). The first-order chi connectivity index (χ1) is 13.9. The Balaban J connectivity index is 1.35. The Morgan fingerprint density at radius 1 is 1.07 bits per heavy atom. The highest BCUT2D eigenvalue weighted by atomic mass is 19.1. The molecule has 156 valence electrons. The maximum atomic E-state index is 13.9. The smallest absolute Gasteiger partial charge is 0.332 e. The Kier molecular flexibility index (Phi) is 5.56. The minimum absolute atomic E-state index is 0.135. The molecular formula is C21H28FN5O2. The molecule has 1 N–H and O–H groups in total. The molecule has 0 atom stereocenters. The summed E-state index contributed by atoms with van der Waals surface area (Å²) in [5.41, 5.74) is 0.874. The number of nitrogens with zero attached hydrogens (tertiary/aromatic N) is 4. The molecule has 2 aromatic rings. The maximum absolute atomic E-state index is 13.9. The van der Waals surface area contributed by atoms with E-state index in [-0.39, 0.29) is 17.1 Å². The van der Waals surface area contributed by atoms with Crippen LogP contribution in [0.3, 0.4) is 0 Å². The second kappa shape index (κ2) is 8.12. The van der Waals surface area contributed by atoms with Crippen molar-refractivity contribution in [2.24, 2.45) is 20.0 Å². The number of hydrogen-bond acceptors (Lipinski definition) is 5. The molecule has 1 aromatic heterocycles. The lowest BCUT2D eigenvalue weighted by Crippen LogP contribution is -2.47. The molecule has 7 nitrogen and oxygen atoms in total. The van der Waals surface area contributed by atoms with Gasteiger partial charge in [0, 0.05) is 39.3 Å². The van der Waals surface area contributed by atoms with Crippen LogP contribution in [0.25, 0.3) is 0 Å². The van der Waals surface area contributed by atoms with Crippen LogP contribution in [0.2, 0.25) is 0 Å². The van der Waals surface area contributed by atoms with E-state index in [0.717, 1.165) is 38.0 Å². The second-order valence-corrected chi connectivity index (χ2v) is 8.19. The van der Waals surface area contributed by atoms with Gasteiger partial charge in [-0.1, -0.05) is 18.2 Å². The fourth-order valence-electron chi connectivity index (χ4n) is 4.44. The second-order valence-electron chi connectivity index (χ2n) is 8.19. The van der Waals surface area contributed by atoms with Gasteiger partial charge in [0.05, 0.1) is 12.2 Å². The van der Waals surface area contributed by atoms with Crippen LogP contribution < -0.4 is 16.6 Å². The molecule has 1 saturated heterocycles. The van der Waals surface area contributed by atoms with Crippen LogP contribution in [0.4, 0.5) is 10.2 Å². The summed E-state index contributed by atoms with van der Waals surface area (Å²) in [5.74, 6) is 1.05. The molecule has 3 heterocycles. The summed E-state index contributed by atoms with van der Waals surface area (Å²) in [4.78, 5) is 29.2. The average molecular weight is 401 g/mol. The van der Waals surface area contributed by atoms with Crippen molar-refractivity contribution >= 4 is 5.82 Å². The molecule has 0 amide bonds. The Morgan fingerprint density at radius 2 is 1.79 bits per heavy atom. The Labute approximate surface area is 169 Å². The van der Waals surface area contributed by atoms with E-state index in [1.54, 1.807) is 13.1 Å². The first-order valence-corrected chi connectivity index (χ1v) is 10.1. The molecule has 0 radical (unpaired) electrons. The van der Waals surface area contributed by atoms with Crippen molar-refractivity contribution in [1.29, 1.82) is 0 Å². The summed E-state index contributed by atoms with van der Waals surface area (Å²) >= 11 is 0. The number of fused-ring (bicyclic) bond motifs is 1. The normalized spacial score (nSPS) is 18.4. The van der Waals surface area contributed by atoms with Gasteiger partial charge in [0.15, 0.2) is 0 Å². The predicted octanol–water partition coefficient (Wildman–Crippen LogP) is 1.32. The van der Waals surface area contributed by atoms with Gasteiger partial charge in [0.2, 0.25) is 0 Å².